The van der Waals surface area contributed by atoms with Gasteiger partial charge in [-0.3, -0.25) is 19.1 Å². The van der Waals surface area contributed by atoms with E-state index in [1.165, 1.54) is 0 Å². The topological polar surface area (TPSA) is 70.5 Å². The summed E-state index contributed by atoms with van der Waals surface area (Å²) in [7, 11) is 1.64. The summed E-state index contributed by atoms with van der Waals surface area (Å²) in [6.45, 7) is 4.98. The van der Waals surface area contributed by atoms with Crippen LogP contribution in [-0.4, -0.2) is 70.9 Å². The average molecular weight is 391 g/mol. The smallest absolute Gasteiger partial charge is 0.254 e. The van der Waals surface area contributed by atoms with Gasteiger partial charge in [-0.05, 0) is 37.3 Å². The van der Waals surface area contributed by atoms with Crippen molar-refractivity contribution in [3.63, 3.8) is 0 Å². The Morgan fingerprint density at radius 2 is 1.76 bits per heavy atom. The average Bonchev–Trinajstić information content (AvgIpc) is 3.09. The zero-order valence-corrected chi connectivity index (χ0v) is 16.8. The molecule has 0 radical (unpaired) electrons. The molecule has 29 heavy (non-hydrogen) atoms. The van der Waals surface area contributed by atoms with Crippen molar-refractivity contribution in [3.05, 3.63) is 59.9 Å². The number of piperazine rings is 1. The Labute approximate surface area is 169 Å². The molecule has 2 aromatic carbocycles. The van der Waals surface area contributed by atoms with Crippen LogP contribution in [0.1, 0.15) is 16.2 Å². The van der Waals surface area contributed by atoms with Crippen LogP contribution >= 0.6 is 0 Å². The van der Waals surface area contributed by atoms with Gasteiger partial charge in [0.25, 0.3) is 5.91 Å². The second-order valence-corrected chi connectivity index (χ2v) is 7.27. The molecule has 0 bridgehead atoms. The second kappa shape index (κ2) is 8.05. The lowest BCUT2D eigenvalue weighted by Gasteiger charge is -2.34. The van der Waals surface area contributed by atoms with Gasteiger partial charge in [0.1, 0.15) is 5.82 Å². The lowest BCUT2D eigenvalue weighted by Crippen LogP contribution is -2.50. The molecule has 7 heteroatoms. The van der Waals surface area contributed by atoms with E-state index in [9.17, 15) is 9.59 Å². The molecule has 0 atom stereocenters. The van der Waals surface area contributed by atoms with Crippen molar-refractivity contribution < 1.29 is 9.59 Å². The van der Waals surface area contributed by atoms with Crippen LogP contribution in [0.4, 0.5) is 0 Å². The molecule has 0 unspecified atom stereocenters. The Balaban J connectivity index is 1.52. The van der Waals surface area contributed by atoms with E-state index < -0.39 is 0 Å². The maximum atomic E-state index is 13.0. The number of hydrogen-bond acceptors (Lipinski definition) is 4. The Bertz CT molecular complexity index is 1040. The Morgan fingerprint density at radius 1 is 1.03 bits per heavy atom. The maximum absolute atomic E-state index is 13.0. The molecule has 7 nitrogen and oxygen atoms in total. The largest absolute Gasteiger partial charge is 0.358 e. The van der Waals surface area contributed by atoms with E-state index in [-0.39, 0.29) is 11.8 Å². The van der Waals surface area contributed by atoms with Crippen LogP contribution in [0.5, 0.6) is 0 Å². The molecule has 1 fully saturated rings. The first kappa shape index (κ1) is 19.1. The van der Waals surface area contributed by atoms with E-state index in [1.807, 2.05) is 60.4 Å². The van der Waals surface area contributed by atoms with Crippen molar-refractivity contribution in [2.75, 3.05) is 39.8 Å². The molecule has 3 aromatic rings. The molecule has 2 heterocycles. The number of nitrogens with one attached hydrogen (secondary N) is 1. The van der Waals surface area contributed by atoms with E-state index in [4.69, 9.17) is 0 Å². The van der Waals surface area contributed by atoms with Crippen LogP contribution in [0.15, 0.2) is 48.5 Å². The quantitative estimate of drug-likeness (QED) is 0.737. The first-order valence-electron chi connectivity index (χ1n) is 9.83. The van der Waals surface area contributed by atoms with Gasteiger partial charge in [-0.25, -0.2) is 4.98 Å². The third kappa shape index (κ3) is 3.86. The summed E-state index contributed by atoms with van der Waals surface area (Å²) >= 11 is 0. The van der Waals surface area contributed by atoms with Crippen LogP contribution in [0, 0.1) is 6.92 Å². The van der Waals surface area contributed by atoms with Crippen molar-refractivity contribution >= 4 is 22.8 Å². The predicted molar refractivity (Wildman–Crippen MR) is 112 cm³/mol. The molecule has 1 saturated heterocycles. The number of imidazole rings is 1. The zero-order chi connectivity index (χ0) is 20.4. The number of amides is 2. The number of hydrogen-bond donors (Lipinski definition) is 1. The van der Waals surface area contributed by atoms with E-state index in [0.717, 1.165) is 22.5 Å². The van der Waals surface area contributed by atoms with Crippen molar-refractivity contribution in [3.8, 4) is 5.69 Å². The fraction of sp³-hybridized carbons (Fsp3) is 0.318. The van der Waals surface area contributed by atoms with E-state index >= 15 is 0 Å². The molecular formula is C22H25N5O2. The standard InChI is InChI=1S/C22H25N5O2/c1-16-24-19-14-17(8-9-20(19)27(16)18-6-4-3-5-7-18)22(29)26-12-10-25(11-13-26)15-21(28)23-2/h3-9,14H,10-13,15H2,1-2H3,(H,23,28). The van der Waals surface area contributed by atoms with Gasteiger partial charge in [0.15, 0.2) is 0 Å². The number of carbonyl (C=O) groups is 2. The van der Waals surface area contributed by atoms with Gasteiger partial charge in [0, 0.05) is 44.5 Å². The van der Waals surface area contributed by atoms with Gasteiger partial charge in [-0.15, -0.1) is 0 Å². The van der Waals surface area contributed by atoms with Crippen molar-refractivity contribution in [1.29, 1.82) is 0 Å². The summed E-state index contributed by atoms with van der Waals surface area (Å²) in [5, 5.41) is 2.64. The molecule has 4 rings (SSSR count). The number of aryl methyl sites for hydroxylation is 1. The minimum Gasteiger partial charge on any atom is -0.358 e. The summed E-state index contributed by atoms with van der Waals surface area (Å²) in [5.74, 6) is 0.900. The molecule has 0 saturated carbocycles. The third-order valence-corrected chi connectivity index (χ3v) is 5.39. The first-order valence-corrected chi connectivity index (χ1v) is 9.83. The number of aromatic nitrogens is 2. The number of benzene rings is 2. The Morgan fingerprint density at radius 3 is 2.45 bits per heavy atom. The third-order valence-electron chi connectivity index (χ3n) is 5.39. The van der Waals surface area contributed by atoms with Gasteiger partial charge in [0.2, 0.25) is 5.91 Å². The zero-order valence-electron chi connectivity index (χ0n) is 16.8. The monoisotopic (exact) mass is 391 g/mol. The summed E-state index contributed by atoms with van der Waals surface area (Å²) in [4.78, 5) is 33.1. The van der Waals surface area contributed by atoms with Crippen molar-refractivity contribution in [1.82, 2.24) is 24.7 Å². The summed E-state index contributed by atoms with van der Waals surface area (Å²) in [6, 6.07) is 15.8. The van der Waals surface area contributed by atoms with Gasteiger partial charge in [-0.2, -0.15) is 0 Å². The van der Waals surface area contributed by atoms with Gasteiger partial charge >= 0.3 is 0 Å². The molecular weight excluding hydrogens is 366 g/mol. The lowest BCUT2D eigenvalue weighted by molar-refractivity contribution is -0.122. The molecule has 2 amide bonds. The summed E-state index contributed by atoms with van der Waals surface area (Å²) in [5.41, 5.74) is 3.50. The summed E-state index contributed by atoms with van der Waals surface area (Å²) in [6.07, 6.45) is 0. The normalized spacial score (nSPS) is 14.9. The molecule has 1 aliphatic rings. The van der Waals surface area contributed by atoms with Crippen molar-refractivity contribution in [2.45, 2.75) is 6.92 Å². The highest BCUT2D eigenvalue weighted by atomic mass is 16.2. The molecule has 1 aliphatic heterocycles. The second-order valence-electron chi connectivity index (χ2n) is 7.27. The van der Waals surface area contributed by atoms with Gasteiger partial charge < -0.3 is 10.2 Å². The number of likely N-dealkylation sites (N-methyl/N-ethyl adjacent to an activating group) is 1. The van der Waals surface area contributed by atoms with E-state index in [0.29, 0.717) is 38.3 Å². The fourth-order valence-electron chi connectivity index (χ4n) is 3.81. The fourth-order valence-corrected chi connectivity index (χ4v) is 3.81. The highest BCUT2D eigenvalue weighted by Gasteiger charge is 2.23. The number of nitrogens with zero attached hydrogens (tertiary/aromatic N) is 4. The lowest BCUT2D eigenvalue weighted by atomic mass is 10.1. The molecule has 1 aromatic heterocycles. The molecule has 1 N–H and O–H groups in total. The number of carbonyl (C=O) groups excluding carboxylic acids is 2. The number of rotatable bonds is 4. The van der Waals surface area contributed by atoms with Crippen LogP contribution in [0.25, 0.3) is 16.7 Å². The van der Waals surface area contributed by atoms with E-state index in [2.05, 4.69) is 19.8 Å². The number of fused-ring (bicyclic) bond motifs is 1. The van der Waals surface area contributed by atoms with Crippen LogP contribution < -0.4 is 5.32 Å². The van der Waals surface area contributed by atoms with Crippen LogP contribution in [0.2, 0.25) is 0 Å². The predicted octanol–water partition coefficient (Wildman–Crippen LogP) is 1.84. The van der Waals surface area contributed by atoms with Gasteiger partial charge in [0.05, 0.1) is 17.6 Å². The first-order chi connectivity index (χ1) is 14.1. The Kier molecular flexibility index (Phi) is 5.31. The van der Waals surface area contributed by atoms with Crippen LogP contribution in [0.3, 0.4) is 0 Å². The van der Waals surface area contributed by atoms with Crippen LogP contribution in [-0.2, 0) is 4.79 Å². The molecule has 0 aliphatic carbocycles. The minimum atomic E-state index is -0.000370. The summed E-state index contributed by atoms with van der Waals surface area (Å²) < 4.78 is 2.10. The number of para-hydroxylation sites is 1. The Hall–Kier alpha value is -3.19. The SMILES string of the molecule is CNC(=O)CN1CCN(C(=O)c2ccc3c(c2)nc(C)n3-c2ccccc2)CC1. The highest BCUT2D eigenvalue weighted by molar-refractivity contribution is 5.97. The maximum Gasteiger partial charge on any atom is 0.254 e. The molecule has 0 spiro atoms. The van der Waals surface area contributed by atoms with Gasteiger partial charge in [-0.1, -0.05) is 18.2 Å². The molecule has 150 valence electrons. The van der Waals surface area contributed by atoms with E-state index in [1.54, 1.807) is 7.05 Å². The minimum absolute atomic E-state index is 0.000370. The highest BCUT2D eigenvalue weighted by Crippen LogP contribution is 2.23. The van der Waals surface area contributed by atoms with Crippen molar-refractivity contribution in [2.24, 2.45) is 0 Å².